The van der Waals surface area contributed by atoms with E-state index in [9.17, 15) is 23.5 Å². The van der Waals surface area contributed by atoms with Gasteiger partial charge in [0.25, 0.3) is 5.56 Å². The molecule has 2 N–H and O–H groups in total. The number of pyridine rings is 2. The predicted octanol–water partition coefficient (Wildman–Crippen LogP) is 3.06. The van der Waals surface area contributed by atoms with Crippen molar-refractivity contribution in [1.29, 1.82) is 0 Å². The highest BCUT2D eigenvalue weighted by molar-refractivity contribution is 5.94. The fourth-order valence-electron chi connectivity index (χ4n) is 5.43. The molecular formula is C26H31F2N7O4. The van der Waals surface area contributed by atoms with E-state index in [4.69, 9.17) is 0 Å². The number of hydrogen-bond acceptors (Lipinski definition) is 9. The van der Waals surface area contributed by atoms with Gasteiger partial charge in [0.1, 0.15) is 11.5 Å². The van der Waals surface area contributed by atoms with E-state index in [1.165, 1.54) is 16.8 Å². The summed E-state index contributed by atoms with van der Waals surface area (Å²) in [5.41, 5.74) is -1.16. The van der Waals surface area contributed by atoms with Crippen LogP contribution in [0.4, 0.5) is 26.2 Å². The lowest BCUT2D eigenvalue weighted by Crippen LogP contribution is -2.45. The van der Waals surface area contributed by atoms with Gasteiger partial charge < -0.3 is 25.0 Å². The Morgan fingerprint density at radius 2 is 2.00 bits per heavy atom. The molecule has 208 valence electrons. The van der Waals surface area contributed by atoms with Crippen LogP contribution in [0.15, 0.2) is 35.4 Å². The highest BCUT2D eigenvalue weighted by Crippen LogP contribution is 2.40. The van der Waals surface area contributed by atoms with E-state index in [1.807, 2.05) is 14.1 Å². The first-order valence-electron chi connectivity index (χ1n) is 12.8. The third kappa shape index (κ3) is 5.41. The molecule has 0 radical (unpaired) electrons. The molecule has 1 saturated carbocycles. The molecule has 1 amide bonds. The van der Waals surface area contributed by atoms with Gasteiger partial charge in [-0.15, -0.1) is 0 Å². The summed E-state index contributed by atoms with van der Waals surface area (Å²) in [7, 11) is 3.94. The number of anilines is 3. The average molecular weight is 544 g/mol. The van der Waals surface area contributed by atoms with Crippen LogP contribution in [0.25, 0.3) is 11.0 Å². The molecule has 0 spiro atoms. The molecule has 2 fully saturated rings. The van der Waals surface area contributed by atoms with Crippen molar-refractivity contribution in [2.45, 2.75) is 63.3 Å². The quantitative estimate of drug-likeness (QED) is 0.462. The van der Waals surface area contributed by atoms with Crippen LogP contribution in [0.1, 0.15) is 45.1 Å². The Bertz CT molecular complexity index is 1430. The molecule has 0 unspecified atom stereocenters. The number of amides is 1. The van der Waals surface area contributed by atoms with Crippen LogP contribution < -0.4 is 20.5 Å². The lowest BCUT2D eigenvalue weighted by atomic mass is 10.00. The van der Waals surface area contributed by atoms with Gasteiger partial charge in [-0.25, -0.2) is 9.97 Å². The number of hydrogen-bond donors (Lipinski definition) is 2. The minimum Gasteiger partial charge on any atom is -0.429 e. The molecular weight excluding hydrogens is 512 g/mol. The zero-order valence-electron chi connectivity index (χ0n) is 22.0. The molecule has 1 aliphatic carbocycles. The summed E-state index contributed by atoms with van der Waals surface area (Å²) >= 11 is 0. The lowest BCUT2D eigenvalue weighted by Gasteiger charge is -2.34. The van der Waals surface area contributed by atoms with Crippen LogP contribution in [-0.4, -0.2) is 74.3 Å². The zero-order chi connectivity index (χ0) is 27.9. The van der Waals surface area contributed by atoms with Gasteiger partial charge in [-0.1, -0.05) is 0 Å². The Morgan fingerprint density at radius 1 is 1.21 bits per heavy atom. The van der Waals surface area contributed by atoms with E-state index in [0.717, 1.165) is 6.42 Å². The van der Waals surface area contributed by atoms with Crippen LogP contribution >= 0.6 is 0 Å². The lowest BCUT2D eigenvalue weighted by molar-refractivity contribution is -0.120. The van der Waals surface area contributed by atoms with Crippen molar-refractivity contribution in [3.8, 4) is 5.75 Å². The molecule has 0 bridgehead atoms. The van der Waals surface area contributed by atoms with Gasteiger partial charge in [-0.3, -0.25) is 14.2 Å². The first kappa shape index (κ1) is 26.9. The third-order valence-corrected chi connectivity index (χ3v) is 7.57. The van der Waals surface area contributed by atoms with Crippen LogP contribution in [0, 0.1) is 0 Å². The minimum atomic E-state index is -3.18. The van der Waals surface area contributed by atoms with Gasteiger partial charge in [0.2, 0.25) is 11.9 Å². The molecule has 2 aliphatic rings. The summed E-state index contributed by atoms with van der Waals surface area (Å²) in [4.78, 5) is 42.8. The normalized spacial score (nSPS) is 23.7. The maximum Gasteiger partial charge on any atom is 0.387 e. The number of alkyl halides is 2. The molecule has 3 aromatic rings. The molecule has 1 saturated heterocycles. The van der Waals surface area contributed by atoms with Crippen LogP contribution in [0.2, 0.25) is 0 Å². The molecule has 3 aromatic heterocycles. The molecule has 1 aliphatic heterocycles. The number of piperidine rings is 1. The van der Waals surface area contributed by atoms with Gasteiger partial charge in [0, 0.05) is 30.6 Å². The number of aromatic nitrogens is 4. The van der Waals surface area contributed by atoms with Crippen LogP contribution in [0.3, 0.4) is 0 Å². The van der Waals surface area contributed by atoms with E-state index >= 15 is 0 Å². The Kier molecular flexibility index (Phi) is 7.21. The largest absolute Gasteiger partial charge is 0.429 e. The van der Waals surface area contributed by atoms with Gasteiger partial charge in [-0.2, -0.15) is 13.8 Å². The summed E-state index contributed by atoms with van der Waals surface area (Å²) in [5, 5.41) is 14.2. The summed E-state index contributed by atoms with van der Waals surface area (Å²) < 4.78 is 31.7. The molecule has 0 aromatic carbocycles. The second kappa shape index (κ2) is 10.5. The molecule has 13 heteroatoms. The van der Waals surface area contributed by atoms with E-state index < -0.39 is 29.6 Å². The fraction of sp³-hybridized carbons (Fsp3) is 0.500. The van der Waals surface area contributed by atoms with E-state index in [-0.39, 0.29) is 23.5 Å². The Morgan fingerprint density at radius 3 is 2.62 bits per heavy atom. The van der Waals surface area contributed by atoms with Gasteiger partial charge in [0.05, 0.1) is 23.5 Å². The standard InChI is InChI=1S/C26H31F2N7O4/c1-26(38)9-4-5-19(26)35-22-15(11-18(23(35)37)39-24(27)28)13-30-25(32-22)31-20-7-6-17(14-29-20)34-10-8-16(33(2)3)12-21(34)36/h6-7,11,13-14,16,19,24,38H,4-5,8-10,12H2,1-3H3,(H,29,30,31,32)/t16-,19+,26+/m0/s1. The van der Waals surface area contributed by atoms with Crippen molar-refractivity contribution in [2.24, 2.45) is 0 Å². The van der Waals surface area contributed by atoms with Crippen molar-refractivity contribution in [1.82, 2.24) is 24.4 Å². The maximum absolute atomic E-state index is 13.2. The summed E-state index contributed by atoms with van der Waals surface area (Å²) in [6, 6.07) is 4.20. The van der Waals surface area contributed by atoms with E-state index in [2.05, 4.69) is 29.9 Å². The average Bonchev–Trinajstić information content (AvgIpc) is 3.23. The topological polar surface area (TPSA) is 126 Å². The SMILES string of the molecule is CN(C)[C@H]1CCN(c2ccc(Nc3ncc4cc(OC(F)F)c(=O)n([C@@H]5CCC[C@@]5(C)O)c4n3)nc2)C(=O)C1. The zero-order valence-corrected chi connectivity index (χ0v) is 22.0. The Labute approximate surface area is 223 Å². The predicted molar refractivity (Wildman–Crippen MR) is 141 cm³/mol. The number of nitrogens with zero attached hydrogens (tertiary/aromatic N) is 6. The van der Waals surface area contributed by atoms with Crippen molar-refractivity contribution in [3.63, 3.8) is 0 Å². The van der Waals surface area contributed by atoms with Crippen LogP contribution in [-0.2, 0) is 4.79 Å². The monoisotopic (exact) mass is 543 g/mol. The number of halogens is 2. The van der Waals surface area contributed by atoms with Gasteiger partial charge in [0.15, 0.2) is 5.75 Å². The Balaban J connectivity index is 1.43. The number of carbonyl (C=O) groups excluding carboxylic acids is 1. The van der Waals surface area contributed by atoms with Crippen molar-refractivity contribution >= 4 is 34.4 Å². The number of nitrogens with one attached hydrogen (secondary N) is 1. The van der Waals surface area contributed by atoms with Crippen molar-refractivity contribution in [3.05, 3.63) is 40.9 Å². The number of fused-ring (bicyclic) bond motifs is 1. The van der Waals surface area contributed by atoms with Crippen molar-refractivity contribution < 1.29 is 23.4 Å². The number of ether oxygens (including phenoxy) is 1. The highest BCUT2D eigenvalue weighted by atomic mass is 19.3. The molecule has 11 nitrogen and oxygen atoms in total. The van der Waals surface area contributed by atoms with Crippen LogP contribution in [0.5, 0.6) is 5.75 Å². The molecule has 4 heterocycles. The van der Waals surface area contributed by atoms with E-state index in [1.54, 1.807) is 30.2 Å². The summed E-state index contributed by atoms with van der Waals surface area (Å²) in [5.74, 6) is 0.0364. The Hall–Kier alpha value is -3.71. The number of aliphatic hydroxyl groups is 1. The highest BCUT2D eigenvalue weighted by Gasteiger charge is 2.40. The van der Waals surface area contributed by atoms with Gasteiger partial charge in [-0.05, 0) is 64.9 Å². The number of carbonyl (C=O) groups is 1. The molecule has 39 heavy (non-hydrogen) atoms. The summed E-state index contributed by atoms with van der Waals surface area (Å²) in [6.45, 7) is -0.967. The first-order valence-corrected chi connectivity index (χ1v) is 12.8. The van der Waals surface area contributed by atoms with Gasteiger partial charge >= 0.3 is 6.61 Å². The second-order valence-electron chi connectivity index (χ2n) is 10.5. The summed E-state index contributed by atoms with van der Waals surface area (Å²) in [6.07, 6.45) is 5.88. The number of rotatable bonds is 7. The van der Waals surface area contributed by atoms with E-state index in [0.29, 0.717) is 49.1 Å². The smallest absolute Gasteiger partial charge is 0.387 e. The molecule has 3 atom stereocenters. The third-order valence-electron chi connectivity index (χ3n) is 7.57. The second-order valence-corrected chi connectivity index (χ2v) is 10.5. The minimum absolute atomic E-state index is 0.0382. The fourth-order valence-corrected chi connectivity index (χ4v) is 5.43. The van der Waals surface area contributed by atoms with Crippen molar-refractivity contribution in [2.75, 3.05) is 30.9 Å². The molecule has 5 rings (SSSR count). The first-order chi connectivity index (χ1) is 18.5. The maximum atomic E-state index is 13.2.